The zero-order valence-electron chi connectivity index (χ0n) is 15.4. The van der Waals surface area contributed by atoms with Crippen LogP contribution in [0.5, 0.6) is 5.75 Å². The minimum atomic E-state index is -0.185. The van der Waals surface area contributed by atoms with E-state index in [4.69, 9.17) is 9.47 Å². The molecular weight excluding hydrogens is 344 g/mol. The van der Waals surface area contributed by atoms with Crippen LogP contribution in [0.1, 0.15) is 25.7 Å². The zero-order chi connectivity index (χ0) is 18.5. The third kappa shape index (κ3) is 5.01. The molecule has 2 fully saturated rings. The standard InChI is InChI=1S/C20H26N4O3/c25-19(21-14-20(8-9-20)15-24-11-2-10-22-24)23-16-4-6-17(7-5-16)27-13-18-3-1-12-26-18/h2,4-7,10-11,18H,1,3,8-9,12-15H2,(H2,21,23,25)/t18-/m1/s1. The molecule has 1 saturated carbocycles. The van der Waals surface area contributed by atoms with Crippen LogP contribution in [0.4, 0.5) is 10.5 Å². The number of nitrogens with zero attached hydrogens (tertiary/aromatic N) is 2. The number of benzene rings is 1. The Hall–Kier alpha value is -2.54. The smallest absolute Gasteiger partial charge is 0.319 e. The molecule has 2 aliphatic rings. The number of carbonyl (C=O) groups excluding carboxylic acids is 1. The summed E-state index contributed by atoms with van der Waals surface area (Å²) >= 11 is 0. The van der Waals surface area contributed by atoms with Crippen molar-refractivity contribution < 1.29 is 14.3 Å². The Morgan fingerprint density at radius 1 is 1.33 bits per heavy atom. The number of anilines is 1. The van der Waals surface area contributed by atoms with E-state index in [9.17, 15) is 4.79 Å². The zero-order valence-corrected chi connectivity index (χ0v) is 15.4. The average Bonchev–Trinajstić information content (AvgIpc) is 3.05. The number of hydrogen-bond acceptors (Lipinski definition) is 4. The summed E-state index contributed by atoms with van der Waals surface area (Å²) in [4.78, 5) is 12.2. The van der Waals surface area contributed by atoms with Crippen LogP contribution in [0.3, 0.4) is 0 Å². The molecule has 1 aromatic carbocycles. The summed E-state index contributed by atoms with van der Waals surface area (Å²) in [5, 5.41) is 10.1. The minimum Gasteiger partial charge on any atom is -0.491 e. The molecule has 0 radical (unpaired) electrons. The molecule has 0 unspecified atom stereocenters. The lowest BCUT2D eigenvalue weighted by molar-refractivity contribution is 0.0679. The van der Waals surface area contributed by atoms with Crippen LogP contribution in [0.2, 0.25) is 0 Å². The van der Waals surface area contributed by atoms with Crippen molar-refractivity contribution in [3.05, 3.63) is 42.7 Å². The Kier molecular flexibility index (Phi) is 5.29. The van der Waals surface area contributed by atoms with Crippen molar-refractivity contribution in [3.63, 3.8) is 0 Å². The fraction of sp³-hybridized carbons (Fsp3) is 0.500. The van der Waals surface area contributed by atoms with Crippen LogP contribution in [0.25, 0.3) is 0 Å². The van der Waals surface area contributed by atoms with Crippen LogP contribution >= 0.6 is 0 Å². The molecule has 4 rings (SSSR count). The monoisotopic (exact) mass is 370 g/mol. The lowest BCUT2D eigenvalue weighted by Gasteiger charge is -2.16. The van der Waals surface area contributed by atoms with E-state index in [0.717, 1.165) is 50.3 Å². The van der Waals surface area contributed by atoms with Gasteiger partial charge < -0.3 is 20.1 Å². The Morgan fingerprint density at radius 3 is 2.85 bits per heavy atom. The molecule has 2 amide bonds. The highest BCUT2D eigenvalue weighted by Crippen LogP contribution is 2.46. The Bertz CT molecular complexity index is 735. The first-order valence-electron chi connectivity index (χ1n) is 9.58. The number of hydrogen-bond donors (Lipinski definition) is 2. The molecular formula is C20H26N4O3. The predicted octanol–water partition coefficient (Wildman–Crippen LogP) is 3.04. The average molecular weight is 370 g/mol. The van der Waals surface area contributed by atoms with E-state index in [0.29, 0.717) is 13.2 Å². The summed E-state index contributed by atoms with van der Waals surface area (Å²) in [5.74, 6) is 0.785. The van der Waals surface area contributed by atoms with Crippen LogP contribution in [-0.2, 0) is 11.3 Å². The van der Waals surface area contributed by atoms with Gasteiger partial charge in [0.25, 0.3) is 0 Å². The van der Waals surface area contributed by atoms with E-state index in [-0.39, 0.29) is 17.6 Å². The fourth-order valence-corrected chi connectivity index (χ4v) is 3.35. The van der Waals surface area contributed by atoms with Gasteiger partial charge in [0.1, 0.15) is 12.4 Å². The maximum Gasteiger partial charge on any atom is 0.319 e. The number of rotatable bonds is 8. The normalized spacial score (nSPS) is 20.2. The molecule has 1 aromatic heterocycles. The quantitative estimate of drug-likeness (QED) is 0.749. The fourth-order valence-electron chi connectivity index (χ4n) is 3.35. The van der Waals surface area contributed by atoms with Crippen LogP contribution < -0.4 is 15.4 Å². The van der Waals surface area contributed by atoms with Crippen molar-refractivity contribution in [2.45, 2.75) is 38.3 Å². The van der Waals surface area contributed by atoms with Crippen molar-refractivity contribution >= 4 is 11.7 Å². The third-order valence-electron chi connectivity index (χ3n) is 5.21. The van der Waals surface area contributed by atoms with Gasteiger partial charge in [0.05, 0.1) is 6.10 Å². The van der Waals surface area contributed by atoms with Gasteiger partial charge in [-0.25, -0.2) is 4.79 Å². The van der Waals surface area contributed by atoms with Gasteiger partial charge in [-0.3, -0.25) is 4.68 Å². The van der Waals surface area contributed by atoms with Crippen molar-refractivity contribution in [1.29, 1.82) is 0 Å². The van der Waals surface area contributed by atoms with E-state index >= 15 is 0 Å². The second kappa shape index (κ2) is 8.00. The van der Waals surface area contributed by atoms with Gasteiger partial charge in [-0.15, -0.1) is 0 Å². The molecule has 144 valence electrons. The summed E-state index contributed by atoms with van der Waals surface area (Å²) in [7, 11) is 0. The van der Waals surface area contributed by atoms with Gasteiger partial charge in [0.2, 0.25) is 0 Å². The van der Waals surface area contributed by atoms with Gasteiger partial charge in [0.15, 0.2) is 0 Å². The molecule has 7 nitrogen and oxygen atoms in total. The van der Waals surface area contributed by atoms with Crippen molar-refractivity contribution in [2.75, 3.05) is 25.1 Å². The predicted molar refractivity (Wildman–Crippen MR) is 102 cm³/mol. The van der Waals surface area contributed by atoms with E-state index in [1.54, 1.807) is 6.20 Å². The molecule has 1 aliphatic carbocycles. The summed E-state index contributed by atoms with van der Waals surface area (Å²) in [6, 6.07) is 9.16. The molecule has 0 spiro atoms. The van der Waals surface area contributed by atoms with Crippen molar-refractivity contribution in [1.82, 2.24) is 15.1 Å². The SMILES string of the molecule is O=C(NCC1(Cn2cccn2)CC1)Nc1ccc(OC[C@H]2CCCO2)cc1. The van der Waals surface area contributed by atoms with Gasteiger partial charge in [-0.1, -0.05) is 0 Å². The van der Waals surface area contributed by atoms with E-state index in [2.05, 4.69) is 15.7 Å². The van der Waals surface area contributed by atoms with Gasteiger partial charge in [-0.05, 0) is 56.0 Å². The second-order valence-corrected chi connectivity index (χ2v) is 7.48. The maximum atomic E-state index is 12.2. The van der Waals surface area contributed by atoms with Gasteiger partial charge in [-0.2, -0.15) is 5.10 Å². The Balaban J connectivity index is 1.20. The minimum absolute atomic E-state index is 0.142. The molecule has 0 bridgehead atoms. The van der Waals surface area contributed by atoms with Crippen LogP contribution in [0.15, 0.2) is 42.7 Å². The van der Waals surface area contributed by atoms with E-state index < -0.39 is 0 Å². The maximum absolute atomic E-state index is 12.2. The van der Waals surface area contributed by atoms with E-state index in [1.807, 2.05) is 41.2 Å². The number of nitrogens with one attached hydrogen (secondary N) is 2. The summed E-state index contributed by atoms with van der Waals surface area (Å²) in [6.45, 7) is 2.90. The summed E-state index contributed by atoms with van der Waals surface area (Å²) < 4.78 is 13.2. The molecule has 7 heteroatoms. The van der Waals surface area contributed by atoms with Crippen molar-refractivity contribution in [3.8, 4) is 5.75 Å². The van der Waals surface area contributed by atoms with Crippen LogP contribution in [0, 0.1) is 5.41 Å². The molecule has 2 heterocycles. The van der Waals surface area contributed by atoms with Crippen LogP contribution in [-0.4, -0.2) is 41.7 Å². The topological polar surface area (TPSA) is 77.4 Å². The van der Waals surface area contributed by atoms with Gasteiger partial charge in [0, 0.05) is 43.2 Å². The van der Waals surface area contributed by atoms with E-state index in [1.165, 1.54) is 0 Å². The molecule has 2 N–H and O–H groups in total. The first kappa shape index (κ1) is 17.9. The highest BCUT2D eigenvalue weighted by molar-refractivity contribution is 5.89. The largest absolute Gasteiger partial charge is 0.491 e. The van der Waals surface area contributed by atoms with Crippen molar-refractivity contribution in [2.24, 2.45) is 5.41 Å². The molecule has 1 atom stereocenters. The lowest BCUT2D eigenvalue weighted by Crippen LogP contribution is -2.35. The molecule has 27 heavy (non-hydrogen) atoms. The second-order valence-electron chi connectivity index (χ2n) is 7.48. The van der Waals surface area contributed by atoms with Gasteiger partial charge >= 0.3 is 6.03 Å². The summed E-state index contributed by atoms with van der Waals surface area (Å²) in [6.07, 6.45) is 8.34. The number of carbonyl (C=O) groups is 1. The number of urea groups is 1. The highest BCUT2D eigenvalue weighted by Gasteiger charge is 2.43. The molecule has 1 saturated heterocycles. The molecule has 1 aliphatic heterocycles. The summed E-state index contributed by atoms with van der Waals surface area (Å²) in [5.41, 5.74) is 0.887. The Morgan fingerprint density at radius 2 is 2.19 bits per heavy atom. The lowest BCUT2D eigenvalue weighted by atomic mass is 10.1. The first-order chi connectivity index (χ1) is 13.2. The third-order valence-corrected chi connectivity index (χ3v) is 5.21. The number of ether oxygens (including phenoxy) is 2. The number of amides is 2. The number of aromatic nitrogens is 2. The molecule has 2 aromatic rings. The highest BCUT2D eigenvalue weighted by atomic mass is 16.5. The first-order valence-corrected chi connectivity index (χ1v) is 9.58. The Labute approximate surface area is 159 Å².